The van der Waals surface area contributed by atoms with Crippen LogP contribution in [0.5, 0.6) is 0 Å². The molecule has 28 heavy (non-hydrogen) atoms. The average Bonchev–Trinajstić information content (AvgIpc) is 2.79. The Morgan fingerprint density at radius 3 is 1.89 bits per heavy atom. The van der Waals surface area contributed by atoms with Gasteiger partial charge in [0.1, 0.15) is 0 Å². The number of rotatable bonds is 3. The molecule has 0 aliphatic heterocycles. The lowest BCUT2D eigenvalue weighted by molar-refractivity contribution is 0.394. The molecule has 0 aromatic heterocycles. The molecule has 0 radical (unpaired) electrons. The van der Waals surface area contributed by atoms with Gasteiger partial charge in [-0.15, -0.1) is 0 Å². The monoisotopic (exact) mass is 362 g/mol. The van der Waals surface area contributed by atoms with Crippen LogP contribution in [0.15, 0.2) is 97.1 Å². The Morgan fingerprint density at radius 1 is 0.500 bits per heavy atom. The van der Waals surface area contributed by atoms with Gasteiger partial charge < -0.3 is 0 Å². The summed E-state index contributed by atoms with van der Waals surface area (Å²) in [7, 11) is 0. The lowest BCUT2D eigenvalue weighted by Crippen LogP contribution is -2.13. The molecular weight excluding hydrogens is 336 g/mol. The molecule has 5 rings (SSSR count). The third-order valence-corrected chi connectivity index (χ3v) is 6.41. The maximum absolute atomic E-state index is 2.42. The van der Waals surface area contributed by atoms with Gasteiger partial charge in [0.05, 0.1) is 0 Å². The summed E-state index contributed by atoms with van der Waals surface area (Å²) in [4.78, 5) is 0. The minimum Gasteiger partial charge on any atom is -0.0622 e. The van der Waals surface area contributed by atoms with Gasteiger partial charge in [-0.25, -0.2) is 0 Å². The molecule has 0 unspecified atom stereocenters. The molecular formula is C28H26. The molecule has 138 valence electrons. The molecule has 0 bridgehead atoms. The van der Waals surface area contributed by atoms with Crippen LogP contribution in [0.3, 0.4) is 0 Å². The maximum atomic E-state index is 2.42. The van der Waals surface area contributed by atoms with Crippen molar-refractivity contribution >= 4 is 10.8 Å². The highest BCUT2D eigenvalue weighted by atomic mass is 14.3. The van der Waals surface area contributed by atoms with Crippen molar-refractivity contribution in [2.75, 3.05) is 0 Å². The number of benzene rings is 4. The molecule has 4 aromatic carbocycles. The lowest BCUT2D eigenvalue weighted by Gasteiger charge is -2.30. The zero-order valence-electron chi connectivity index (χ0n) is 16.2. The Morgan fingerprint density at radius 2 is 1.11 bits per heavy atom. The zero-order valence-corrected chi connectivity index (χ0v) is 16.2. The number of hydrogen-bond donors (Lipinski definition) is 0. The van der Waals surface area contributed by atoms with Crippen molar-refractivity contribution in [3.05, 3.63) is 108 Å². The predicted molar refractivity (Wildman–Crippen MR) is 120 cm³/mol. The summed E-state index contributed by atoms with van der Waals surface area (Å²) in [5.41, 5.74) is 5.63. The van der Waals surface area contributed by atoms with E-state index in [0.29, 0.717) is 11.8 Å². The lowest BCUT2D eigenvalue weighted by atomic mass is 9.75. The maximum Gasteiger partial charge on any atom is -0.0156 e. The normalized spacial score (nSPS) is 19.6. The van der Waals surface area contributed by atoms with E-state index in [-0.39, 0.29) is 0 Å². The Balaban J connectivity index is 1.36. The third kappa shape index (κ3) is 3.47. The molecule has 0 heteroatoms. The molecule has 2 atom stereocenters. The zero-order chi connectivity index (χ0) is 18.8. The minimum absolute atomic E-state index is 0.676. The summed E-state index contributed by atoms with van der Waals surface area (Å²) >= 11 is 0. The van der Waals surface area contributed by atoms with E-state index in [2.05, 4.69) is 97.1 Å². The highest BCUT2D eigenvalue weighted by Crippen LogP contribution is 2.42. The Labute approximate surface area is 167 Å². The topological polar surface area (TPSA) is 0 Å². The van der Waals surface area contributed by atoms with Crippen molar-refractivity contribution in [3.63, 3.8) is 0 Å². The minimum atomic E-state index is 0.676. The summed E-state index contributed by atoms with van der Waals surface area (Å²) < 4.78 is 0. The van der Waals surface area contributed by atoms with Crippen molar-refractivity contribution in [2.24, 2.45) is 0 Å². The predicted octanol–water partition coefficient (Wildman–Crippen LogP) is 7.95. The van der Waals surface area contributed by atoms with Crippen LogP contribution < -0.4 is 0 Å². The van der Waals surface area contributed by atoms with Crippen molar-refractivity contribution < 1.29 is 0 Å². The molecule has 4 aromatic rings. The van der Waals surface area contributed by atoms with Crippen LogP contribution >= 0.6 is 0 Å². The van der Waals surface area contributed by atoms with E-state index < -0.39 is 0 Å². The van der Waals surface area contributed by atoms with Gasteiger partial charge in [-0.3, -0.25) is 0 Å². The van der Waals surface area contributed by atoms with Crippen molar-refractivity contribution in [1.29, 1.82) is 0 Å². The van der Waals surface area contributed by atoms with E-state index in [1.54, 1.807) is 0 Å². The molecule has 1 saturated carbocycles. The number of hydrogen-bond acceptors (Lipinski definition) is 0. The van der Waals surface area contributed by atoms with Crippen LogP contribution in [0.1, 0.15) is 48.6 Å². The summed E-state index contributed by atoms with van der Waals surface area (Å²) in [6.45, 7) is 0. The smallest absolute Gasteiger partial charge is 0.0156 e. The Bertz CT molecular complexity index is 1060. The van der Waals surface area contributed by atoms with Crippen LogP contribution in [0, 0.1) is 0 Å². The molecule has 1 fully saturated rings. The van der Waals surface area contributed by atoms with Crippen LogP contribution in [-0.4, -0.2) is 0 Å². The van der Waals surface area contributed by atoms with Gasteiger partial charge in [-0.2, -0.15) is 0 Å². The van der Waals surface area contributed by atoms with Gasteiger partial charge in [-0.1, -0.05) is 103 Å². The second-order valence-corrected chi connectivity index (χ2v) is 8.16. The molecule has 1 aliphatic carbocycles. The molecule has 0 spiro atoms. The summed E-state index contributed by atoms with van der Waals surface area (Å²) in [5, 5.41) is 2.71. The Kier molecular flexibility index (Phi) is 4.71. The fourth-order valence-corrected chi connectivity index (χ4v) is 4.84. The van der Waals surface area contributed by atoms with Crippen LogP contribution in [0.4, 0.5) is 0 Å². The average molecular weight is 363 g/mol. The van der Waals surface area contributed by atoms with Crippen LogP contribution in [0.25, 0.3) is 21.9 Å². The third-order valence-electron chi connectivity index (χ3n) is 6.41. The SMILES string of the molecule is c1ccc(-c2ccc([C@H]3CCC[C@@H](c4ccc5ccccc5c4)C3)cc2)cc1. The van der Waals surface area contributed by atoms with E-state index in [4.69, 9.17) is 0 Å². The first kappa shape index (κ1) is 17.3. The van der Waals surface area contributed by atoms with Gasteiger partial charge >= 0.3 is 0 Å². The number of fused-ring (bicyclic) bond motifs is 1. The molecule has 0 amide bonds. The summed E-state index contributed by atoms with van der Waals surface area (Å²) in [6, 6.07) is 35.7. The van der Waals surface area contributed by atoms with E-state index in [9.17, 15) is 0 Å². The highest BCUT2D eigenvalue weighted by Gasteiger charge is 2.24. The van der Waals surface area contributed by atoms with Gasteiger partial charge in [0.2, 0.25) is 0 Å². The standard InChI is InChI=1S/C28H26/c1-2-7-21(8-3-1)23-13-15-24(16-14-23)26-11-6-12-27(19-26)28-18-17-22-9-4-5-10-25(22)20-28/h1-5,7-10,13-18,20,26-27H,6,11-12,19H2/t26-,27+/m0/s1. The molecule has 0 heterocycles. The van der Waals surface area contributed by atoms with Crippen molar-refractivity contribution in [1.82, 2.24) is 0 Å². The quantitative estimate of drug-likeness (QED) is 0.347. The van der Waals surface area contributed by atoms with Gasteiger partial charge in [0, 0.05) is 0 Å². The summed E-state index contributed by atoms with van der Waals surface area (Å²) in [6.07, 6.45) is 5.22. The fraction of sp³-hybridized carbons (Fsp3) is 0.214. The molecule has 0 nitrogen and oxygen atoms in total. The van der Waals surface area contributed by atoms with Crippen molar-refractivity contribution in [2.45, 2.75) is 37.5 Å². The van der Waals surface area contributed by atoms with Gasteiger partial charge in [0.15, 0.2) is 0 Å². The first-order valence-electron chi connectivity index (χ1n) is 10.5. The van der Waals surface area contributed by atoms with Gasteiger partial charge in [0.25, 0.3) is 0 Å². The second kappa shape index (κ2) is 7.64. The van der Waals surface area contributed by atoms with Crippen LogP contribution in [0.2, 0.25) is 0 Å². The summed E-state index contributed by atoms with van der Waals surface area (Å²) in [5.74, 6) is 1.35. The van der Waals surface area contributed by atoms with E-state index in [1.807, 2.05) is 0 Å². The van der Waals surface area contributed by atoms with E-state index >= 15 is 0 Å². The molecule has 1 aliphatic rings. The Hall–Kier alpha value is -2.86. The van der Waals surface area contributed by atoms with E-state index in [1.165, 1.54) is 58.7 Å². The fourth-order valence-electron chi connectivity index (χ4n) is 4.84. The first-order chi connectivity index (χ1) is 13.9. The van der Waals surface area contributed by atoms with Crippen molar-refractivity contribution in [3.8, 4) is 11.1 Å². The molecule has 0 saturated heterocycles. The highest BCUT2D eigenvalue weighted by molar-refractivity contribution is 5.83. The van der Waals surface area contributed by atoms with Crippen LogP contribution in [-0.2, 0) is 0 Å². The van der Waals surface area contributed by atoms with E-state index in [0.717, 1.165) is 0 Å². The van der Waals surface area contributed by atoms with Gasteiger partial charge in [-0.05, 0) is 64.1 Å². The second-order valence-electron chi connectivity index (χ2n) is 8.16. The molecule has 0 N–H and O–H groups in total. The largest absolute Gasteiger partial charge is 0.0622 e. The first-order valence-corrected chi connectivity index (χ1v) is 10.5.